The van der Waals surface area contributed by atoms with Crippen LogP contribution in [-0.4, -0.2) is 27.5 Å². The zero-order chi connectivity index (χ0) is 10.2. The maximum absolute atomic E-state index is 11.8. The Morgan fingerprint density at radius 2 is 2.08 bits per heavy atom. The summed E-state index contributed by atoms with van der Waals surface area (Å²) < 4.78 is 0. The first-order valence-electron chi connectivity index (χ1n) is 4.52. The summed E-state index contributed by atoms with van der Waals surface area (Å²) in [5.41, 5.74) is -0.217. The zero-order valence-corrected chi connectivity index (χ0v) is 9.36. The Balaban J connectivity index is 2.89. The van der Waals surface area contributed by atoms with Crippen molar-refractivity contribution in [3.63, 3.8) is 0 Å². The SMILES string of the molecule is CCC1NC(=S)N(C(C)(C)C)C1=O. The van der Waals surface area contributed by atoms with Gasteiger partial charge in [0.15, 0.2) is 5.11 Å². The fraction of sp³-hybridized carbons (Fsp3) is 0.778. The van der Waals surface area contributed by atoms with E-state index in [9.17, 15) is 4.79 Å². The fourth-order valence-corrected chi connectivity index (χ4v) is 1.95. The van der Waals surface area contributed by atoms with Crippen molar-refractivity contribution in [2.24, 2.45) is 0 Å². The molecule has 0 aromatic heterocycles. The fourth-order valence-electron chi connectivity index (χ4n) is 1.44. The van der Waals surface area contributed by atoms with Gasteiger partial charge in [-0.15, -0.1) is 0 Å². The van der Waals surface area contributed by atoms with Crippen LogP contribution in [0.15, 0.2) is 0 Å². The van der Waals surface area contributed by atoms with E-state index in [0.29, 0.717) is 5.11 Å². The first-order valence-corrected chi connectivity index (χ1v) is 4.93. The largest absolute Gasteiger partial charge is 0.350 e. The second-order valence-corrected chi connectivity index (χ2v) is 4.64. The molecule has 0 radical (unpaired) electrons. The van der Waals surface area contributed by atoms with Crippen LogP contribution >= 0.6 is 12.2 Å². The molecule has 1 heterocycles. The van der Waals surface area contributed by atoms with Crippen molar-refractivity contribution in [3.8, 4) is 0 Å². The van der Waals surface area contributed by atoms with Gasteiger partial charge in [-0.25, -0.2) is 0 Å². The van der Waals surface area contributed by atoms with Gasteiger partial charge in [0.2, 0.25) is 0 Å². The van der Waals surface area contributed by atoms with Gasteiger partial charge in [-0.2, -0.15) is 0 Å². The summed E-state index contributed by atoms with van der Waals surface area (Å²) >= 11 is 5.10. The van der Waals surface area contributed by atoms with Crippen molar-refractivity contribution in [3.05, 3.63) is 0 Å². The molecule has 0 aromatic carbocycles. The van der Waals surface area contributed by atoms with E-state index in [0.717, 1.165) is 6.42 Å². The number of hydrogen-bond acceptors (Lipinski definition) is 2. The van der Waals surface area contributed by atoms with E-state index in [1.165, 1.54) is 0 Å². The Morgan fingerprint density at radius 1 is 1.54 bits per heavy atom. The van der Waals surface area contributed by atoms with E-state index in [-0.39, 0.29) is 17.5 Å². The quantitative estimate of drug-likeness (QED) is 0.647. The maximum atomic E-state index is 11.8. The Labute approximate surface area is 84.5 Å². The van der Waals surface area contributed by atoms with Crippen molar-refractivity contribution in [1.29, 1.82) is 0 Å². The van der Waals surface area contributed by atoms with E-state index in [1.807, 2.05) is 27.7 Å². The molecule has 0 spiro atoms. The summed E-state index contributed by atoms with van der Waals surface area (Å²) in [7, 11) is 0. The van der Waals surface area contributed by atoms with Crippen LogP contribution in [-0.2, 0) is 4.79 Å². The molecule has 1 rings (SSSR count). The van der Waals surface area contributed by atoms with Crippen molar-refractivity contribution >= 4 is 23.2 Å². The smallest absolute Gasteiger partial charge is 0.251 e. The van der Waals surface area contributed by atoms with Crippen LogP contribution in [0.3, 0.4) is 0 Å². The zero-order valence-electron chi connectivity index (χ0n) is 8.55. The average Bonchev–Trinajstić information content (AvgIpc) is 2.24. The minimum atomic E-state index is -0.217. The molecular weight excluding hydrogens is 184 g/mol. The van der Waals surface area contributed by atoms with Gasteiger partial charge in [-0.1, -0.05) is 6.92 Å². The highest BCUT2D eigenvalue weighted by Crippen LogP contribution is 2.20. The Bertz CT molecular complexity index is 244. The summed E-state index contributed by atoms with van der Waals surface area (Å²) in [5, 5.41) is 3.58. The third kappa shape index (κ3) is 1.82. The summed E-state index contributed by atoms with van der Waals surface area (Å²) in [4.78, 5) is 13.4. The van der Waals surface area contributed by atoms with Gasteiger partial charge < -0.3 is 5.32 Å². The second-order valence-electron chi connectivity index (χ2n) is 4.25. The first kappa shape index (κ1) is 10.4. The monoisotopic (exact) mass is 200 g/mol. The number of thiocarbonyl (C=S) groups is 1. The van der Waals surface area contributed by atoms with Gasteiger partial charge in [-0.3, -0.25) is 9.69 Å². The van der Waals surface area contributed by atoms with Crippen molar-refractivity contribution in [2.75, 3.05) is 0 Å². The summed E-state index contributed by atoms with van der Waals surface area (Å²) in [6, 6.07) is -0.119. The van der Waals surface area contributed by atoms with Gasteiger partial charge >= 0.3 is 0 Å². The van der Waals surface area contributed by atoms with E-state index < -0.39 is 0 Å². The van der Waals surface area contributed by atoms with Gasteiger partial charge in [0, 0.05) is 5.54 Å². The first-order chi connectivity index (χ1) is 5.88. The number of nitrogens with zero attached hydrogens (tertiary/aromatic N) is 1. The lowest BCUT2D eigenvalue weighted by Crippen LogP contribution is -2.46. The summed E-state index contributed by atoms with van der Waals surface area (Å²) in [6.07, 6.45) is 0.783. The van der Waals surface area contributed by atoms with E-state index in [1.54, 1.807) is 4.90 Å². The van der Waals surface area contributed by atoms with Crippen LogP contribution < -0.4 is 5.32 Å². The predicted octanol–water partition coefficient (Wildman–Crippen LogP) is 1.28. The molecule has 4 heteroatoms. The molecule has 0 bridgehead atoms. The molecule has 1 saturated heterocycles. The molecular formula is C9H16N2OS. The van der Waals surface area contributed by atoms with E-state index in [2.05, 4.69) is 5.32 Å². The minimum Gasteiger partial charge on any atom is -0.350 e. The standard InChI is InChI=1S/C9H16N2OS/c1-5-6-7(12)11(8(13)10-6)9(2,3)4/h6H,5H2,1-4H3,(H,10,13). The maximum Gasteiger partial charge on any atom is 0.251 e. The third-order valence-electron chi connectivity index (χ3n) is 2.10. The van der Waals surface area contributed by atoms with E-state index in [4.69, 9.17) is 12.2 Å². The number of hydrogen-bond donors (Lipinski definition) is 1. The summed E-state index contributed by atoms with van der Waals surface area (Å²) in [6.45, 7) is 7.93. The minimum absolute atomic E-state index is 0.0972. The molecule has 0 aliphatic carbocycles. The number of carbonyl (C=O) groups excluding carboxylic acids is 1. The van der Waals surface area contributed by atoms with Gasteiger partial charge in [0.25, 0.3) is 5.91 Å². The van der Waals surface area contributed by atoms with Crippen LogP contribution in [0.5, 0.6) is 0 Å². The Morgan fingerprint density at radius 3 is 2.31 bits per heavy atom. The normalized spacial score (nSPS) is 23.7. The van der Waals surface area contributed by atoms with Crippen LogP contribution in [0.2, 0.25) is 0 Å². The average molecular weight is 200 g/mol. The van der Waals surface area contributed by atoms with Crippen LogP contribution in [0, 0.1) is 0 Å². The Kier molecular flexibility index (Phi) is 2.61. The second kappa shape index (κ2) is 3.25. The third-order valence-corrected chi connectivity index (χ3v) is 2.40. The van der Waals surface area contributed by atoms with Crippen molar-refractivity contribution in [1.82, 2.24) is 10.2 Å². The molecule has 1 unspecified atom stereocenters. The molecule has 0 saturated carbocycles. The van der Waals surface area contributed by atoms with Crippen LogP contribution in [0.1, 0.15) is 34.1 Å². The predicted molar refractivity (Wildman–Crippen MR) is 56.4 cm³/mol. The van der Waals surface area contributed by atoms with E-state index >= 15 is 0 Å². The highest BCUT2D eigenvalue weighted by Gasteiger charge is 2.40. The van der Waals surface area contributed by atoms with Crippen molar-refractivity contribution < 1.29 is 4.79 Å². The molecule has 1 amide bonds. The number of carbonyl (C=O) groups is 1. The highest BCUT2D eigenvalue weighted by atomic mass is 32.1. The number of rotatable bonds is 1. The van der Waals surface area contributed by atoms with Gasteiger partial charge in [0.1, 0.15) is 6.04 Å². The Hall–Kier alpha value is -0.640. The van der Waals surface area contributed by atoms with Crippen LogP contribution in [0.25, 0.3) is 0 Å². The lowest BCUT2D eigenvalue weighted by atomic mass is 10.1. The highest BCUT2D eigenvalue weighted by molar-refractivity contribution is 7.80. The molecule has 1 aliphatic rings. The molecule has 1 aliphatic heterocycles. The molecule has 3 nitrogen and oxygen atoms in total. The molecule has 1 atom stereocenters. The molecule has 1 fully saturated rings. The van der Waals surface area contributed by atoms with Crippen LogP contribution in [0.4, 0.5) is 0 Å². The lowest BCUT2D eigenvalue weighted by Gasteiger charge is -2.30. The number of amides is 1. The summed E-state index contributed by atoms with van der Waals surface area (Å²) in [5.74, 6) is 0.0972. The lowest BCUT2D eigenvalue weighted by molar-refractivity contribution is -0.130. The van der Waals surface area contributed by atoms with Gasteiger partial charge in [-0.05, 0) is 39.4 Å². The molecule has 1 N–H and O–H groups in total. The topological polar surface area (TPSA) is 32.3 Å². The molecule has 13 heavy (non-hydrogen) atoms. The molecule has 74 valence electrons. The molecule has 0 aromatic rings. The van der Waals surface area contributed by atoms with Crippen molar-refractivity contribution in [2.45, 2.75) is 45.7 Å². The van der Waals surface area contributed by atoms with Gasteiger partial charge in [0.05, 0.1) is 0 Å². The number of nitrogens with one attached hydrogen (secondary N) is 1.